The number of para-hydroxylation sites is 1. The van der Waals surface area contributed by atoms with E-state index in [0.29, 0.717) is 28.0 Å². The number of halogens is 1. The molecular weight excluding hydrogens is 328 g/mol. The molecule has 0 radical (unpaired) electrons. The van der Waals surface area contributed by atoms with Gasteiger partial charge in [-0.25, -0.2) is 0 Å². The van der Waals surface area contributed by atoms with E-state index in [4.69, 9.17) is 11.6 Å². The molecule has 6 nitrogen and oxygen atoms in total. The van der Waals surface area contributed by atoms with Crippen LogP contribution in [0.2, 0.25) is 5.02 Å². The van der Waals surface area contributed by atoms with Crippen LogP contribution in [0.3, 0.4) is 0 Å². The van der Waals surface area contributed by atoms with Crippen LogP contribution in [0.4, 0.5) is 5.69 Å². The minimum absolute atomic E-state index is 0.346. The number of amides is 1. The Kier molecular flexibility index (Phi) is 4.57. The number of aromatic nitrogens is 3. The van der Waals surface area contributed by atoms with Gasteiger partial charge in [-0.15, -0.1) is 5.10 Å². The van der Waals surface area contributed by atoms with Gasteiger partial charge in [-0.3, -0.25) is 9.59 Å². The summed E-state index contributed by atoms with van der Waals surface area (Å²) >= 11 is 6.06. The number of nitrogens with zero attached hydrogens (tertiary/aromatic N) is 3. The molecule has 1 N–H and O–H groups in total. The molecule has 0 saturated heterocycles. The van der Waals surface area contributed by atoms with Gasteiger partial charge in [0.05, 0.1) is 16.1 Å². The Balaban J connectivity index is 1.97. The molecule has 0 aliphatic rings. The first kappa shape index (κ1) is 16.1. The number of anilines is 1. The van der Waals surface area contributed by atoms with E-state index in [-0.39, 0.29) is 11.5 Å². The highest BCUT2D eigenvalue weighted by Crippen LogP contribution is 2.22. The fourth-order valence-corrected chi connectivity index (χ4v) is 2.64. The summed E-state index contributed by atoms with van der Waals surface area (Å²) in [7, 11) is 0. The van der Waals surface area contributed by atoms with Crippen molar-refractivity contribution in [3.8, 4) is 0 Å². The molecule has 0 unspecified atom stereocenters. The van der Waals surface area contributed by atoms with Crippen molar-refractivity contribution in [1.82, 2.24) is 15.0 Å². The van der Waals surface area contributed by atoms with Gasteiger partial charge >= 0.3 is 0 Å². The highest BCUT2D eigenvalue weighted by molar-refractivity contribution is 6.33. The molecule has 1 aromatic heterocycles. The second-order valence-corrected chi connectivity index (χ2v) is 5.66. The quantitative estimate of drug-likeness (QED) is 0.790. The van der Waals surface area contributed by atoms with Gasteiger partial charge in [-0.1, -0.05) is 48.0 Å². The normalized spacial score (nSPS) is 12.1. The van der Waals surface area contributed by atoms with Crippen LogP contribution in [0.15, 0.2) is 53.3 Å². The zero-order chi connectivity index (χ0) is 17.1. The molecule has 2 aromatic carbocycles. The third kappa shape index (κ3) is 3.00. The van der Waals surface area contributed by atoms with Crippen LogP contribution in [0, 0.1) is 0 Å². The molecular formula is C17H15ClN4O2. The Hall–Kier alpha value is -2.73. The Labute approximate surface area is 143 Å². The summed E-state index contributed by atoms with van der Waals surface area (Å²) in [6.45, 7) is 1.81. The summed E-state index contributed by atoms with van der Waals surface area (Å²) in [4.78, 5) is 25.2. The van der Waals surface area contributed by atoms with E-state index >= 15 is 0 Å². The molecule has 24 heavy (non-hydrogen) atoms. The zero-order valence-electron chi connectivity index (χ0n) is 12.9. The van der Waals surface area contributed by atoms with Gasteiger partial charge in [0.15, 0.2) is 0 Å². The van der Waals surface area contributed by atoms with Gasteiger partial charge in [0, 0.05) is 0 Å². The maximum absolute atomic E-state index is 12.6. The average molecular weight is 343 g/mol. The standard InChI is InChI=1S/C17H15ClN4O2/c1-2-15(16(23)19-14-10-6-4-8-12(14)18)22-17(24)11-7-3-5-9-13(11)20-21-22/h3-10,15H,2H2,1H3,(H,19,23)/t15-/m0/s1. The van der Waals surface area contributed by atoms with Gasteiger partial charge in [0.1, 0.15) is 11.6 Å². The minimum atomic E-state index is -0.772. The van der Waals surface area contributed by atoms with Gasteiger partial charge in [0.25, 0.3) is 5.56 Å². The van der Waals surface area contributed by atoms with E-state index < -0.39 is 6.04 Å². The predicted octanol–water partition coefficient (Wildman–Crippen LogP) is 3.03. The molecule has 1 heterocycles. The highest BCUT2D eigenvalue weighted by Gasteiger charge is 2.22. The Morgan fingerprint density at radius 2 is 1.92 bits per heavy atom. The largest absolute Gasteiger partial charge is 0.323 e. The molecule has 1 amide bonds. The van der Waals surface area contributed by atoms with Crippen LogP contribution >= 0.6 is 11.6 Å². The molecule has 0 spiro atoms. The van der Waals surface area contributed by atoms with Crippen molar-refractivity contribution < 1.29 is 4.79 Å². The highest BCUT2D eigenvalue weighted by atomic mass is 35.5. The lowest BCUT2D eigenvalue weighted by molar-refractivity contribution is -0.119. The maximum atomic E-state index is 12.6. The number of nitrogens with one attached hydrogen (secondary N) is 1. The maximum Gasteiger partial charge on any atom is 0.278 e. The lowest BCUT2D eigenvalue weighted by Gasteiger charge is -2.16. The summed E-state index contributed by atoms with van der Waals surface area (Å²) in [5.41, 5.74) is 0.645. The number of hydrogen-bond donors (Lipinski definition) is 1. The topological polar surface area (TPSA) is 76.9 Å². The van der Waals surface area contributed by atoms with Crippen molar-refractivity contribution >= 4 is 34.1 Å². The third-order valence-electron chi connectivity index (χ3n) is 3.71. The van der Waals surface area contributed by atoms with Crippen molar-refractivity contribution in [1.29, 1.82) is 0 Å². The van der Waals surface area contributed by atoms with Gasteiger partial charge in [-0.05, 0) is 30.7 Å². The monoisotopic (exact) mass is 342 g/mol. The minimum Gasteiger partial charge on any atom is -0.323 e. The fourth-order valence-electron chi connectivity index (χ4n) is 2.45. The number of hydrogen-bond acceptors (Lipinski definition) is 4. The van der Waals surface area contributed by atoms with Gasteiger partial charge in [-0.2, -0.15) is 4.68 Å². The van der Waals surface area contributed by atoms with E-state index in [1.807, 2.05) is 0 Å². The Morgan fingerprint density at radius 1 is 1.21 bits per heavy atom. The average Bonchev–Trinajstić information content (AvgIpc) is 2.60. The van der Waals surface area contributed by atoms with Crippen LogP contribution in [-0.2, 0) is 4.79 Å². The Morgan fingerprint density at radius 3 is 2.67 bits per heavy atom. The number of carbonyl (C=O) groups is 1. The van der Waals surface area contributed by atoms with Crippen molar-refractivity contribution in [3.63, 3.8) is 0 Å². The van der Waals surface area contributed by atoms with Crippen molar-refractivity contribution in [2.24, 2.45) is 0 Å². The van der Waals surface area contributed by atoms with Crippen molar-refractivity contribution in [2.75, 3.05) is 5.32 Å². The zero-order valence-corrected chi connectivity index (χ0v) is 13.7. The Bertz CT molecular complexity index is 954. The smallest absolute Gasteiger partial charge is 0.278 e. The molecule has 7 heteroatoms. The molecule has 0 fully saturated rings. The van der Waals surface area contributed by atoms with E-state index in [0.717, 1.165) is 4.68 Å². The van der Waals surface area contributed by atoms with E-state index in [9.17, 15) is 9.59 Å². The summed E-state index contributed by atoms with van der Waals surface area (Å²) in [6.07, 6.45) is 0.392. The van der Waals surface area contributed by atoms with E-state index in [1.54, 1.807) is 55.5 Å². The fraction of sp³-hybridized carbons (Fsp3) is 0.176. The number of rotatable bonds is 4. The first-order valence-corrected chi connectivity index (χ1v) is 7.89. The SMILES string of the molecule is CC[C@@H](C(=O)Nc1ccccc1Cl)n1nnc2ccccc2c1=O. The number of fused-ring (bicyclic) bond motifs is 1. The van der Waals surface area contributed by atoms with Gasteiger partial charge in [0.2, 0.25) is 5.91 Å². The van der Waals surface area contributed by atoms with Crippen LogP contribution in [0.5, 0.6) is 0 Å². The second-order valence-electron chi connectivity index (χ2n) is 5.25. The lowest BCUT2D eigenvalue weighted by Crippen LogP contribution is -2.35. The van der Waals surface area contributed by atoms with Crippen LogP contribution in [0.1, 0.15) is 19.4 Å². The van der Waals surface area contributed by atoms with Crippen molar-refractivity contribution in [2.45, 2.75) is 19.4 Å². The lowest BCUT2D eigenvalue weighted by atomic mass is 10.2. The summed E-state index contributed by atoms with van der Waals surface area (Å²) < 4.78 is 1.12. The van der Waals surface area contributed by atoms with Crippen LogP contribution in [-0.4, -0.2) is 20.9 Å². The predicted molar refractivity (Wildman–Crippen MR) is 93.2 cm³/mol. The third-order valence-corrected chi connectivity index (χ3v) is 4.04. The molecule has 122 valence electrons. The summed E-state index contributed by atoms with van der Waals surface area (Å²) in [5, 5.41) is 11.5. The second kappa shape index (κ2) is 6.80. The molecule has 0 saturated carbocycles. The van der Waals surface area contributed by atoms with Gasteiger partial charge < -0.3 is 5.32 Å². The molecule has 0 aliphatic carbocycles. The first-order chi connectivity index (χ1) is 11.6. The van der Waals surface area contributed by atoms with Crippen molar-refractivity contribution in [3.05, 3.63) is 63.9 Å². The van der Waals surface area contributed by atoms with Crippen LogP contribution in [0.25, 0.3) is 10.9 Å². The van der Waals surface area contributed by atoms with E-state index in [1.165, 1.54) is 0 Å². The van der Waals surface area contributed by atoms with E-state index in [2.05, 4.69) is 15.6 Å². The van der Waals surface area contributed by atoms with Crippen LogP contribution < -0.4 is 10.9 Å². The molecule has 3 rings (SSSR count). The molecule has 0 bridgehead atoms. The first-order valence-electron chi connectivity index (χ1n) is 7.51. The summed E-state index contributed by atoms with van der Waals surface area (Å²) in [5.74, 6) is -0.364. The molecule has 3 aromatic rings. The molecule has 1 atom stereocenters. The molecule has 0 aliphatic heterocycles. The number of carbonyl (C=O) groups excluding carboxylic acids is 1. The summed E-state index contributed by atoms with van der Waals surface area (Å²) in [6, 6.07) is 13.1. The number of benzene rings is 2.